The summed E-state index contributed by atoms with van der Waals surface area (Å²) < 4.78 is 42.7. The highest BCUT2D eigenvalue weighted by molar-refractivity contribution is 6.76. The number of rotatable bonds is 14. The molecule has 2 amide bonds. The third-order valence-electron chi connectivity index (χ3n) is 17.4. The number of esters is 1. The monoisotopic (exact) mass is 1140 g/mol. The van der Waals surface area contributed by atoms with E-state index in [1.165, 1.54) is 12.0 Å². The Bertz CT molecular complexity index is 2210. The summed E-state index contributed by atoms with van der Waals surface area (Å²) in [6, 6.07) is -1.20. The Morgan fingerprint density at radius 2 is 1.59 bits per heavy atom. The molecule has 4 fully saturated rings. The van der Waals surface area contributed by atoms with E-state index in [4.69, 9.17) is 33.2 Å². The molecule has 4 heterocycles. The lowest BCUT2D eigenvalue weighted by atomic mass is 9.78. The Labute approximate surface area is 478 Å². The number of ketones is 3. The van der Waals surface area contributed by atoms with Gasteiger partial charge in [0.05, 0.1) is 57.8 Å². The first-order chi connectivity index (χ1) is 37.8. The average Bonchev–Trinajstić information content (AvgIpc) is 3.79. The predicted molar refractivity (Wildman–Crippen MR) is 308 cm³/mol. The number of carbonyl (C=O) groups is 6. The number of allylic oxidation sites excluding steroid dienone is 6. The molecule has 4 aliphatic heterocycles. The highest BCUT2D eigenvalue weighted by Crippen LogP contribution is 2.38. The summed E-state index contributed by atoms with van der Waals surface area (Å²) in [6.45, 7) is 21.0. The Hall–Kier alpha value is -3.72. The van der Waals surface area contributed by atoms with Gasteiger partial charge < -0.3 is 53.2 Å². The number of ether oxygens (including phenoxy) is 7. The van der Waals surface area contributed by atoms with Crippen LogP contribution in [0, 0.1) is 35.5 Å². The van der Waals surface area contributed by atoms with Crippen molar-refractivity contribution < 1.29 is 72.1 Å². The van der Waals surface area contributed by atoms with Gasteiger partial charge in [0.15, 0.2) is 11.6 Å². The van der Waals surface area contributed by atoms with Gasteiger partial charge in [0.1, 0.15) is 18.2 Å². The standard InChI is InChI=1S/C62H100N2O15Si/c1-39-19-15-14-16-20-40(2)52(73-8)35-48-25-22-45(7)62(72,79-48)59(69)60(70)64-28-18-17-21-49(64)61(71)78-53(36-50(65)41(3)32-44(6)57(68)58(75-10)56(67)43(5)31-39)42(4)33-46-23-26-51(54(34-46)74-9)77-37-47-24-27-55(66)63(47)29-30-76-38-80(11,12)13/h14-16,19-20,32,39,42-49,51-54,57-58,68,72H,17-18,21-31,33-38H2,1-13H3/t39-,42-,43-,44?,45-,46+,47+,48+,49+,51-,52+,53+,54-,57-,58+,62-/m1/s1. The summed E-state index contributed by atoms with van der Waals surface area (Å²) in [5.74, 6) is -7.94. The van der Waals surface area contributed by atoms with Crippen molar-refractivity contribution >= 4 is 43.2 Å². The van der Waals surface area contributed by atoms with Crippen molar-refractivity contribution in [2.75, 3.05) is 53.9 Å². The van der Waals surface area contributed by atoms with E-state index in [0.717, 1.165) is 24.6 Å². The molecule has 1 saturated carbocycles. The Morgan fingerprint density at radius 3 is 2.27 bits per heavy atom. The molecular formula is C62H100N2O15Si. The first-order valence-electron chi connectivity index (χ1n) is 29.8. The number of hydrogen-bond acceptors (Lipinski definition) is 15. The van der Waals surface area contributed by atoms with E-state index in [0.29, 0.717) is 89.5 Å². The van der Waals surface area contributed by atoms with Gasteiger partial charge in [-0.25, -0.2) is 4.79 Å². The average molecular weight is 1140 g/mol. The molecule has 0 spiro atoms. The minimum atomic E-state index is -2.45. The smallest absolute Gasteiger partial charge is 0.329 e. The Balaban J connectivity index is 1.39. The molecular weight excluding hydrogens is 1040 g/mol. The molecule has 16 atom stereocenters. The van der Waals surface area contributed by atoms with E-state index in [9.17, 15) is 39.0 Å². The summed E-state index contributed by atoms with van der Waals surface area (Å²) in [4.78, 5) is 87.8. The van der Waals surface area contributed by atoms with Gasteiger partial charge in [-0.3, -0.25) is 24.0 Å². The van der Waals surface area contributed by atoms with Gasteiger partial charge in [-0.1, -0.05) is 90.7 Å². The van der Waals surface area contributed by atoms with Gasteiger partial charge in [-0.05, 0) is 113 Å². The van der Waals surface area contributed by atoms with Crippen molar-refractivity contribution in [3.63, 3.8) is 0 Å². The van der Waals surface area contributed by atoms with Crippen LogP contribution in [-0.2, 0) is 61.9 Å². The second kappa shape index (κ2) is 31.3. The fourth-order valence-electron chi connectivity index (χ4n) is 12.4. The number of piperidine rings is 1. The van der Waals surface area contributed by atoms with Crippen molar-refractivity contribution in [3.8, 4) is 0 Å². The summed E-state index contributed by atoms with van der Waals surface area (Å²) in [5, 5.41) is 23.7. The summed E-state index contributed by atoms with van der Waals surface area (Å²) in [6.07, 6.45) is 13.8. The number of aliphatic hydroxyl groups is 2. The Morgan fingerprint density at radius 1 is 0.850 bits per heavy atom. The van der Waals surface area contributed by atoms with Crippen molar-refractivity contribution in [1.82, 2.24) is 9.80 Å². The summed E-state index contributed by atoms with van der Waals surface area (Å²) in [5.41, 5.74) is 1.19. The molecule has 17 nitrogen and oxygen atoms in total. The molecule has 1 aliphatic carbocycles. The van der Waals surface area contributed by atoms with Crippen LogP contribution in [0.3, 0.4) is 0 Å². The van der Waals surface area contributed by atoms with Crippen LogP contribution in [0.25, 0.3) is 0 Å². The number of methoxy groups -OCH3 is 3. The number of carbonyl (C=O) groups excluding carboxylic acids is 6. The van der Waals surface area contributed by atoms with Gasteiger partial charge in [-0.2, -0.15) is 0 Å². The lowest BCUT2D eigenvalue weighted by Gasteiger charge is -2.42. The fraction of sp³-hybridized carbons (Fsp3) is 0.774. The molecule has 0 aromatic heterocycles. The van der Waals surface area contributed by atoms with Crippen molar-refractivity contribution in [2.24, 2.45) is 35.5 Å². The zero-order valence-corrected chi connectivity index (χ0v) is 51.7. The molecule has 5 rings (SSSR count). The van der Waals surface area contributed by atoms with Crippen molar-refractivity contribution in [2.45, 2.75) is 219 Å². The van der Waals surface area contributed by atoms with Crippen LogP contribution in [-0.4, -0.2) is 178 Å². The van der Waals surface area contributed by atoms with Crippen LogP contribution in [0.4, 0.5) is 0 Å². The third-order valence-corrected chi connectivity index (χ3v) is 18.5. The Kier molecular flexibility index (Phi) is 26.2. The molecule has 0 aromatic carbocycles. The quantitative estimate of drug-likeness (QED) is 0.0728. The van der Waals surface area contributed by atoms with E-state index < -0.39 is 85.8 Å². The number of hydrogen-bond donors (Lipinski definition) is 2. The lowest BCUT2D eigenvalue weighted by molar-refractivity contribution is -0.265. The molecule has 1 unspecified atom stereocenters. The summed E-state index contributed by atoms with van der Waals surface area (Å²) >= 11 is 0. The molecule has 2 bridgehead atoms. The number of nitrogens with zero attached hydrogens (tertiary/aromatic N) is 2. The van der Waals surface area contributed by atoms with Crippen LogP contribution in [0.1, 0.15) is 138 Å². The maximum Gasteiger partial charge on any atom is 0.329 e. The molecule has 18 heteroatoms. The molecule has 0 aromatic rings. The third kappa shape index (κ3) is 18.6. The fourth-order valence-corrected chi connectivity index (χ4v) is 13.1. The van der Waals surface area contributed by atoms with Crippen molar-refractivity contribution in [1.29, 1.82) is 0 Å². The normalized spacial score (nSPS) is 35.2. The van der Waals surface area contributed by atoms with Gasteiger partial charge in [0, 0.05) is 77.7 Å². The number of fused-ring (bicyclic) bond motifs is 3. The van der Waals surface area contributed by atoms with E-state index in [-0.39, 0.29) is 72.9 Å². The maximum absolute atomic E-state index is 14.7. The van der Waals surface area contributed by atoms with Crippen LogP contribution in [0.15, 0.2) is 47.6 Å². The predicted octanol–water partition coefficient (Wildman–Crippen LogP) is 8.09. The minimum Gasteiger partial charge on any atom is -0.460 e. The summed E-state index contributed by atoms with van der Waals surface area (Å²) in [7, 11) is 3.26. The number of likely N-dealkylation sites (tertiary alicyclic amines) is 1. The van der Waals surface area contributed by atoms with Gasteiger partial charge in [-0.15, -0.1) is 0 Å². The lowest BCUT2D eigenvalue weighted by Crippen LogP contribution is -2.61. The topological polar surface area (TPSA) is 214 Å². The first kappa shape index (κ1) is 67.1. The van der Waals surface area contributed by atoms with E-state index in [2.05, 4.69) is 19.6 Å². The van der Waals surface area contributed by atoms with Crippen LogP contribution >= 0.6 is 0 Å². The van der Waals surface area contributed by atoms with Gasteiger partial charge >= 0.3 is 5.97 Å². The first-order valence-corrected chi connectivity index (χ1v) is 33.5. The van der Waals surface area contributed by atoms with Crippen LogP contribution in [0.5, 0.6) is 0 Å². The number of cyclic esters (lactones) is 1. The highest BCUT2D eigenvalue weighted by Gasteiger charge is 2.53. The molecule has 5 aliphatic rings. The second-order valence-electron chi connectivity index (χ2n) is 25.3. The zero-order valence-electron chi connectivity index (χ0n) is 50.7. The second-order valence-corrected chi connectivity index (χ2v) is 30.7. The maximum atomic E-state index is 14.7. The van der Waals surface area contributed by atoms with E-state index in [1.807, 2.05) is 63.0 Å². The molecule has 80 heavy (non-hydrogen) atoms. The van der Waals surface area contributed by atoms with Gasteiger partial charge in [0.2, 0.25) is 11.7 Å². The van der Waals surface area contributed by atoms with E-state index in [1.54, 1.807) is 41.1 Å². The van der Waals surface area contributed by atoms with Gasteiger partial charge in [0.25, 0.3) is 11.7 Å². The van der Waals surface area contributed by atoms with Crippen LogP contribution < -0.4 is 0 Å². The molecule has 0 radical (unpaired) electrons. The molecule has 3 saturated heterocycles. The van der Waals surface area contributed by atoms with Crippen molar-refractivity contribution in [3.05, 3.63) is 47.6 Å². The zero-order chi connectivity index (χ0) is 59.1. The number of Topliss-reactive ketones (excluding diaryl/α,β-unsaturated/α-hetero) is 3. The highest BCUT2D eigenvalue weighted by atomic mass is 28.3. The number of aliphatic hydroxyl groups excluding tert-OH is 1. The van der Waals surface area contributed by atoms with E-state index >= 15 is 0 Å². The number of amides is 2. The largest absolute Gasteiger partial charge is 0.460 e. The minimum absolute atomic E-state index is 0.0100. The SMILES string of the molecule is CO[C@H]1C[C@@H]2CC[C@@H](C)[C@@](O)(O2)C(=O)C(=O)N2CCCC[C@H]2C(=O)O[C@H]([C@H](C)C[C@@H]2CC[C@@H](OC[C@@H]3CCC(=O)N3CCOC[Si](C)(C)C)[C@H](OC)C2)CC(=O)C(C)=CC(C)[C@@H](O)[C@@H](OC)C(=O)[C@H](C)C[C@H](C)C=CC=CC=C1C. The molecule has 2 N–H and O–H groups in total. The molecule has 452 valence electrons. The van der Waals surface area contributed by atoms with Crippen LogP contribution in [0.2, 0.25) is 19.6 Å².